The van der Waals surface area contributed by atoms with Crippen LogP contribution in [0.25, 0.3) is 5.69 Å². The van der Waals surface area contributed by atoms with Crippen molar-refractivity contribution in [3.8, 4) is 11.6 Å². The van der Waals surface area contributed by atoms with E-state index in [1.54, 1.807) is 12.4 Å². The minimum absolute atomic E-state index is 0.0275. The van der Waals surface area contributed by atoms with Gasteiger partial charge < -0.3 is 9.64 Å². The zero-order valence-corrected chi connectivity index (χ0v) is 18.6. The maximum Gasteiger partial charge on any atom is 0.433 e. The molecule has 1 aromatic carbocycles. The van der Waals surface area contributed by atoms with Gasteiger partial charge in [-0.25, -0.2) is 4.98 Å². The fourth-order valence-electron chi connectivity index (χ4n) is 5.02. The highest BCUT2D eigenvalue weighted by Gasteiger charge is 2.43. The SMILES string of the molecule is Cc1ccc(-n2nccn2)c(C(=O)N2CC3CCC2CC3COc2cccc(C(F)(F)F)n2)c1. The number of rotatable bonds is 5. The molecule has 178 valence electrons. The van der Waals surface area contributed by atoms with Crippen molar-refractivity contribution in [1.29, 1.82) is 0 Å². The average Bonchev–Trinajstić information content (AvgIpc) is 3.37. The molecule has 2 saturated heterocycles. The molecule has 3 aromatic rings. The molecule has 1 saturated carbocycles. The second-order valence-electron chi connectivity index (χ2n) is 8.95. The Morgan fingerprint density at radius 3 is 2.65 bits per heavy atom. The number of piperidine rings is 2. The van der Waals surface area contributed by atoms with Crippen molar-refractivity contribution in [2.45, 2.75) is 38.4 Å². The first-order chi connectivity index (χ1) is 16.3. The summed E-state index contributed by atoms with van der Waals surface area (Å²) in [5.41, 5.74) is 1.20. The molecule has 10 heteroatoms. The summed E-state index contributed by atoms with van der Waals surface area (Å²) in [5.74, 6) is 0.296. The maximum atomic E-state index is 13.6. The number of fused-ring (bicyclic) bond motifs is 3. The van der Waals surface area contributed by atoms with Gasteiger partial charge in [-0.1, -0.05) is 17.7 Å². The summed E-state index contributed by atoms with van der Waals surface area (Å²) in [6, 6.07) is 9.36. The van der Waals surface area contributed by atoms with Crippen LogP contribution in [-0.4, -0.2) is 50.0 Å². The van der Waals surface area contributed by atoms with E-state index < -0.39 is 11.9 Å². The van der Waals surface area contributed by atoms with E-state index in [0.29, 0.717) is 17.8 Å². The van der Waals surface area contributed by atoms with Gasteiger partial charge in [-0.3, -0.25) is 4.79 Å². The number of halogens is 3. The second-order valence-corrected chi connectivity index (χ2v) is 8.95. The van der Waals surface area contributed by atoms with Gasteiger partial charge in [0.15, 0.2) is 0 Å². The molecule has 0 radical (unpaired) electrons. The summed E-state index contributed by atoms with van der Waals surface area (Å²) in [6.07, 6.45) is 1.23. The number of carbonyl (C=O) groups excluding carboxylic acids is 1. The van der Waals surface area contributed by atoms with E-state index >= 15 is 0 Å². The first-order valence-electron chi connectivity index (χ1n) is 11.2. The molecule has 2 aliphatic heterocycles. The lowest BCUT2D eigenvalue weighted by atomic mass is 9.72. The van der Waals surface area contributed by atoms with E-state index in [2.05, 4.69) is 15.2 Å². The highest BCUT2D eigenvalue weighted by molar-refractivity contribution is 5.98. The second kappa shape index (κ2) is 8.73. The van der Waals surface area contributed by atoms with Crippen LogP contribution in [0.1, 0.15) is 40.9 Å². The topological polar surface area (TPSA) is 73.1 Å². The fourth-order valence-corrected chi connectivity index (χ4v) is 5.02. The van der Waals surface area contributed by atoms with Crippen LogP contribution >= 0.6 is 0 Å². The van der Waals surface area contributed by atoms with Crippen LogP contribution in [-0.2, 0) is 6.18 Å². The number of alkyl halides is 3. The summed E-state index contributed by atoms with van der Waals surface area (Å²) in [4.78, 5) is 20.6. The van der Waals surface area contributed by atoms with Gasteiger partial charge in [0, 0.05) is 18.7 Å². The first-order valence-corrected chi connectivity index (χ1v) is 11.2. The van der Waals surface area contributed by atoms with E-state index in [1.807, 2.05) is 30.0 Å². The Balaban J connectivity index is 1.29. The lowest BCUT2D eigenvalue weighted by Gasteiger charge is -2.49. The molecular formula is C24H24F3N5O2. The molecule has 2 aromatic heterocycles. The van der Waals surface area contributed by atoms with Crippen molar-refractivity contribution in [2.75, 3.05) is 13.2 Å². The molecule has 4 heterocycles. The molecule has 1 aliphatic carbocycles. The van der Waals surface area contributed by atoms with Crippen LogP contribution in [0.5, 0.6) is 5.88 Å². The third-order valence-electron chi connectivity index (χ3n) is 6.72. The highest BCUT2D eigenvalue weighted by Crippen LogP contribution is 2.40. The highest BCUT2D eigenvalue weighted by atomic mass is 19.4. The summed E-state index contributed by atoms with van der Waals surface area (Å²) < 4.78 is 44.4. The monoisotopic (exact) mass is 471 g/mol. The molecule has 2 bridgehead atoms. The Labute approximate surface area is 194 Å². The summed E-state index contributed by atoms with van der Waals surface area (Å²) in [6.45, 7) is 2.81. The number of benzene rings is 1. The normalized spacial score (nSPS) is 22.1. The molecule has 6 rings (SSSR count). The molecule has 3 fully saturated rings. The third kappa shape index (κ3) is 4.36. The Morgan fingerprint density at radius 1 is 1.15 bits per heavy atom. The van der Waals surface area contributed by atoms with Gasteiger partial charge in [0.25, 0.3) is 5.91 Å². The van der Waals surface area contributed by atoms with E-state index in [1.165, 1.54) is 16.9 Å². The Kier molecular flexibility index (Phi) is 5.75. The van der Waals surface area contributed by atoms with E-state index in [0.717, 1.165) is 30.9 Å². The molecule has 3 aliphatic rings. The standard InChI is InChI=1S/C24H24F3N5O2/c1-15-5-8-20(32-28-9-10-29-32)19(11-15)23(33)31-13-16-6-7-18(31)12-17(16)14-34-22-4-2-3-21(30-22)24(25,26)27/h2-5,8-11,16-18H,6-7,12-14H2,1H3. The van der Waals surface area contributed by atoms with Gasteiger partial charge in [-0.15, -0.1) is 0 Å². The lowest BCUT2D eigenvalue weighted by molar-refractivity contribution is -0.141. The van der Waals surface area contributed by atoms with Gasteiger partial charge in [0.1, 0.15) is 5.69 Å². The van der Waals surface area contributed by atoms with Crippen molar-refractivity contribution in [3.05, 3.63) is 65.6 Å². The van der Waals surface area contributed by atoms with Gasteiger partial charge in [-0.2, -0.15) is 28.2 Å². The predicted molar refractivity (Wildman–Crippen MR) is 116 cm³/mol. The minimum Gasteiger partial charge on any atom is -0.477 e. The zero-order valence-electron chi connectivity index (χ0n) is 18.6. The largest absolute Gasteiger partial charge is 0.477 e. The van der Waals surface area contributed by atoms with Crippen molar-refractivity contribution >= 4 is 5.91 Å². The van der Waals surface area contributed by atoms with Gasteiger partial charge in [0.05, 0.1) is 30.3 Å². The van der Waals surface area contributed by atoms with Crippen LogP contribution < -0.4 is 4.74 Å². The van der Waals surface area contributed by atoms with Crippen molar-refractivity contribution in [3.63, 3.8) is 0 Å². The Bertz CT molecular complexity index is 1180. The molecule has 3 atom stereocenters. The smallest absolute Gasteiger partial charge is 0.433 e. The van der Waals surface area contributed by atoms with Crippen LogP contribution in [0.2, 0.25) is 0 Å². The van der Waals surface area contributed by atoms with Crippen molar-refractivity contribution in [2.24, 2.45) is 11.8 Å². The van der Waals surface area contributed by atoms with Crippen LogP contribution in [0.15, 0.2) is 48.8 Å². The number of hydrogen-bond donors (Lipinski definition) is 0. The van der Waals surface area contributed by atoms with Crippen LogP contribution in [0, 0.1) is 18.8 Å². The zero-order chi connectivity index (χ0) is 23.9. The molecule has 1 amide bonds. The predicted octanol–water partition coefficient (Wildman–Crippen LogP) is 4.31. The quantitative estimate of drug-likeness (QED) is 0.555. The Morgan fingerprint density at radius 2 is 1.94 bits per heavy atom. The fraction of sp³-hybridized carbons (Fsp3) is 0.417. The summed E-state index contributed by atoms with van der Waals surface area (Å²) in [5, 5.41) is 8.36. The number of pyridine rings is 1. The van der Waals surface area contributed by atoms with Gasteiger partial charge >= 0.3 is 6.18 Å². The van der Waals surface area contributed by atoms with Gasteiger partial charge in [0.2, 0.25) is 5.88 Å². The Hall–Kier alpha value is -3.43. The number of ether oxygens (including phenoxy) is 1. The molecule has 0 N–H and O–H groups in total. The number of nitrogens with zero attached hydrogens (tertiary/aromatic N) is 5. The molecule has 7 nitrogen and oxygen atoms in total. The van der Waals surface area contributed by atoms with E-state index in [-0.39, 0.29) is 36.3 Å². The molecule has 34 heavy (non-hydrogen) atoms. The first kappa shape index (κ1) is 22.4. The molecular weight excluding hydrogens is 447 g/mol. The van der Waals surface area contributed by atoms with E-state index in [9.17, 15) is 18.0 Å². The minimum atomic E-state index is -4.51. The maximum absolute atomic E-state index is 13.6. The number of aromatic nitrogens is 4. The number of amides is 1. The molecule has 0 spiro atoms. The van der Waals surface area contributed by atoms with Crippen molar-refractivity contribution < 1.29 is 22.7 Å². The van der Waals surface area contributed by atoms with Crippen molar-refractivity contribution in [1.82, 2.24) is 24.9 Å². The molecule has 3 unspecified atom stereocenters. The number of aryl methyl sites for hydroxylation is 1. The average molecular weight is 471 g/mol. The van der Waals surface area contributed by atoms with Gasteiger partial charge in [-0.05, 0) is 56.2 Å². The third-order valence-corrected chi connectivity index (χ3v) is 6.72. The summed E-state index contributed by atoms with van der Waals surface area (Å²) in [7, 11) is 0. The van der Waals surface area contributed by atoms with E-state index in [4.69, 9.17) is 4.74 Å². The number of hydrogen-bond acceptors (Lipinski definition) is 5. The summed E-state index contributed by atoms with van der Waals surface area (Å²) >= 11 is 0. The van der Waals surface area contributed by atoms with Crippen LogP contribution in [0.4, 0.5) is 13.2 Å². The van der Waals surface area contributed by atoms with Crippen LogP contribution in [0.3, 0.4) is 0 Å². The lowest BCUT2D eigenvalue weighted by Crippen LogP contribution is -2.55. The number of carbonyl (C=O) groups is 1.